The molecule has 20 heavy (non-hydrogen) atoms. The second-order valence-corrected chi connectivity index (χ2v) is 5.96. The summed E-state index contributed by atoms with van der Waals surface area (Å²) in [7, 11) is -3.77. The Bertz CT molecular complexity index is 712. The Morgan fingerprint density at radius 1 is 1.15 bits per heavy atom. The molecule has 0 amide bonds. The molecule has 0 aromatic heterocycles. The average molecular weight is 295 g/mol. The van der Waals surface area contributed by atoms with Gasteiger partial charge in [-0.15, -0.1) is 0 Å². The predicted octanol–water partition coefficient (Wildman–Crippen LogP) is 2.43. The highest BCUT2D eigenvalue weighted by atomic mass is 32.2. The van der Waals surface area contributed by atoms with Crippen molar-refractivity contribution >= 4 is 15.7 Å². The molecule has 0 saturated carbocycles. The first-order valence-electron chi connectivity index (χ1n) is 5.92. The molecule has 0 atom stereocenters. The Morgan fingerprint density at radius 3 is 2.40 bits per heavy atom. The average Bonchev–Trinajstić information content (AvgIpc) is 2.41. The van der Waals surface area contributed by atoms with Crippen molar-refractivity contribution < 1.29 is 17.9 Å². The lowest BCUT2D eigenvalue weighted by Gasteiger charge is -2.12. The zero-order valence-electron chi connectivity index (χ0n) is 10.8. The molecule has 0 fully saturated rings. The van der Waals surface area contributed by atoms with Gasteiger partial charge in [-0.1, -0.05) is 12.1 Å². The summed E-state index contributed by atoms with van der Waals surface area (Å²) in [5.41, 5.74) is 1.32. The third-order valence-electron chi connectivity index (χ3n) is 2.95. The Hall–Kier alpha value is -1.92. The maximum absolute atomic E-state index is 12.8. The molecule has 0 aliphatic rings. The third-order valence-corrected chi connectivity index (χ3v) is 4.48. The van der Waals surface area contributed by atoms with E-state index in [0.717, 1.165) is 0 Å². The second-order valence-electron chi connectivity index (χ2n) is 4.31. The number of benzene rings is 2. The predicted molar refractivity (Wildman–Crippen MR) is 74.3 cm³/mol. The van der Waals surface area contributed by atoms with E-state index >= 15 is 0 Å². The molecule has 0 saturated heterocycles. The van der Waals surface area contributed by atoms with E-state index in [2.05, 4.69) is 4.72 Å². The van der Waals surface area contributed by atoms with Crippen LogP contribution >= 0.6 is 0 Å². The Balaban J connectivity index is 2.38. The standard InChI is InChI=1S/C14H14FNO3S/c1-10-11(9-17)3-2-4-14(10)20(18,19)16-13-7-5-12(15)6-8-13/h2-8,16-17H,9H2,1H3. The van der Waals surface area contributed by atoms with E-state index < -0.39 is 15.8 Å². The van der Waals surface area contributed by atoms with Crippen molar-refractivity contribution in [3.63, 3.8) is 0 Å². The number of nitrogens with one attached hydrogen (secondary N) is 1. The summed E-state index contributed by atoms with van der Waals surface area (Å²) < 4.78 is 39.8. The van der Waals surface area contributed by atoms with Crippen LogP contribution < -0.4 is 4.72 Å². The first kappa shape index (κ1) is 14.5. The van der Waals surface area contributed by atoms with Crippen LogP contribution in [0.25, 0.3) is 0 Å². The minimum Gasteiger partial charge on any atom is -0.392 e. The molecule has 0 spiro atoms. The van der Waals surface area contributed by atoms with E-state index in [1.165, 1.54) is 30.3 Å². The number of rotatable bonds is 4. The van der Waals surface area contributed by atoms with Crippen LogP contribution in [0.15, 0.2) is 47.4 Å². The molecule has 2 rings (SSSR count). The Labute approximate surface area is 116 Å². The SMILES string of the molecule is Cc1c(CO)cccc1S(=O)(=O)Nc1ccc(F)cc1. The molecular weight excluding hydrogens is 281 g/mol. The fraction of sp³-hybridized carbons (Fsp3) is 0.143. The molecule has 0 bridgehead atoms. The number of aliphatic hydroxyl groups excluding tert-OH is 1. The molecule has 0 aliphatic heterocycles. The van der Waals surface area contributed by atoms with Crippen LogP contribution in [0.1, 0.15) is 11.1 Å². The summed E-state index contributed by atoms with van der Waals surface area (Å²) in [4.78, 5) is 0.0911. The van der Waals surface area contributed by atoms with Gasteiger partial charge in [0.05, 0.1) is 11.5 Å². The fourth-order valence-corrected chi connectivity index (χ4v) is 3.20. The lowest BCUT2D eigenvalue weighted by atomic mass is 10.1. The van der Waals surface area contributed by atoms with Crippen molar-refractivity contribution in [2.24, 2.45) is 0 Å². The number of anilines is 1. The van der Waals surface area contributed by atoms with Crippen molar-refractivity contribution in [2.75, 3.05) is 4.72 Å². The topological polar surface area (TPSA) is 66.4 Å². The van der Waals surface area contributed by atoms with E-state index in [4.69, 9.17) is 0 Å². The molecule has 2 aromatic rings. The van der Waals surface area contributed by atoms with Gasteiger partial charge in [0.25, 0.3) is 10.0 Å². The van der Waals surface area contributed by atoms with Gasteiger partial charge in [0, 0.05) is 5.69 Å². The van der Waals surface area contributed by atoms with Crippen LogP contribution in [0.4, 0.5) is 10.1 Å². The number of hydrogen-bond donors (Lipinski definition) is 2. The van der Waals surface area contributed by atoms with Crippen molar-refractivity contribution in [1.29, 1.82) is 0 Å². The summed E-state index contributed by atoms with van der Waals surface area (Å²) >= 11 is 0. The van der Waals surface area contributed by atoms with Gasteiger partial charge in [0.2, 0.25) is 0 Å². The highest BCUT2D eigenvalue weighted by molar-refractivity contribution is 7.92. The summed E-state index contributed by atoms with van der Waals surface area (Å²) in [6, 6.07) is 9.73. The zero-order valence-corrected chi connectivity index (χ0v) is 11.6. The second kappa shape index (κ2) is 5.60. The van der Waals surface area contributed by atoms with Crippen LogP contribution in [-0.2, 0) is 16.6 Å². The summed E-state index contributed by atoms with van der Waals surface area (Å²) in [6.07, 6.45) is 0. The van der Waals surface area contributed by atoms with E-state index in [-0.39, 0.29) is 17.2 Å². The first-order valence-corrected chi connectivity index (χ1v) is 7.40. The van der Waals surface area contributed by atoms with Crippen molar-refractivity contribution in [2.45, 2.75) is 18.4 Å². The molecule has 0 aliphatic carbocycles. The van der Waals surface area contributed by atoms with Crippen LogP contribution in [-0.4, -0.2) is 13.5 Å². The number of sulfonamides is 1. The third kappa shape index (κ3) is 2.97. The smallest absolute Gasteiger partial charge is 0.262 e. The van der Waals surface area contributed by atoms with Gasteiger partial charge in [0.15, 0.2) is 0 Å². The van der Waals surface area contributed by atoms with Gasteiger partial charge < -0.3 is 5.11 Å². The molecule has 0 heterocycles. The Morgan fingerprint density at radius 2 is 1.80 bits per heavy atom. The monoisotopic (exact) mass is 295 g/mol. The fourth-order valence-electron chi connectivity index (χ4n) is 1.85. The molecule has 2 aromatic carbocycles. The van der Waals surface area contributed by atoms with E-state index in [0.29, 0.717) is 11.1 Å². The summed E-state index contributed by atoms with van der Waals surface area (Å²) in [5.74, 6) is -0.439. The summed E-state index contributed by atoms with van der Waals surface area (Å²) in [6.45, 7) is 1.40. The van der Waals surface area contributed by atoms with Crippen LogP contribution in [0.2, 0.25) is 0 Å². The van der Waals surface area contributed by atoms with Gasteiger partial charge in [-0.2, -0.15) is 0 Å². The lowest BCUT2D eigenvalue weighted by molar-refractivity contribution is 0.280. The van der Waals surface area contributed by atoms with Crippen molar-refractivity contribution in [3.05, 3.63) is 59.4 Å². The maximum atomic E-state index is 12.8. The van der Waals surface area contributed by atoms with E-state index in [1.807, 2.05) is 0 Å². The normalized spacial score (nSPS) is 11.3. The van der Waals surface area contributed by atoms with Gasteiger partial charge in [-0.25, -0.2) is 12.8 Å². The first-order chi connectivity index (χ1) is 9.44. The number of halogens is 1. The van der Waals surface area contributed by atoms with Crippen LogP contribution in [0, 0.1) is 12.7 Å². The molecule has 4 nitrogen and oxygen atoms in total. The minimum absolute atomic E-state index is 0.0911. The van der Waals surface area contributed by atoms with Gasteiger partial charge >= 0.3 is 0 Å². The van der Waals surface area contributed by atoms with Gasteiger partial charge in [-0.05, 0) is 48.4 Å². The molecule has 6 heteroatoms. The van der Waals surface area contributed by atoms with Crippen molar-refractivity contribution in [3.8, 4) is 0 Å². The van der Waals surface area contributed by atoms with Gasteiger partial charge in [0.1, 0.15) is 5.82 Å². The summed E-state index contributed by atoms with van der Waals surface area (Å²) in [5, 5.41) is 9.17. The zero-order chi connectivity index (χ0) is 14.8. The Kier molecular flexibility index (Phi) is 4.06. The maximum Gasteiger partial charge on any atom is 0.262 e. The van der Waals surface area contributed by atoms with E-state index in [1.54, 1.807) is 19.1 Å². The largest absolute Gasteiger partial charge is 0.392 e. The van der Waals surface area contributed by atoms with E-state index in [9.17, 15) is 17.9 Å². The van der Waals surface area contributed by atoms with Crippen molar-refractivity contribution in [1.82, 2.24) is 0 Å². The lowest BCUT2D eigenvalue weighted by Crippen LogP contribution is -2.15. The van der Waals surface area contributed by atoms with Crippen LogP contribution in [0.3, 0.4) is 0 Å². The molecular formula is C14H14FNO3S. The number of aliphatic hydroxyl groups is 1. The number of hydrogen-bond acceptors (Lipinski definition) is 3. The quantitative estimate of drug-likeness (QED) is 0.910. The highest BCUT2D eigenvalue weighted by Crippen LogP contribution is 2.22. The van der Waals surface area contributed by atoms with Crippen LogP contribution in [0.5, 0.6) is 0 Å². The highest BCUT2D eigenvalue weighted by Gasteiger charge is 2.18. The molecule has 106 valence electrons. The molecule has 2 N–H and O–H groups in total. The minimum atomic E-state index is -3.77. The molecule has 0 unspecified atom stereocenters. The van der Waals surface area contributed by atoms with Gasteiger partial charge in [-0.3, -0.25) is 4.72 Å². The molecule has 0 radical (unpaired) electrons.